The number of likely N-dealkylation sites (N-methyl/N-ethyl adjacent to an activating group) is 1. The second-order valence-electron chi connectivity index (χ2n) is 27.3. The van der Waals surface area contributed by atoms with Gasteiger partial charge in [0.15, 0.2) is 0 Å². The van der Waals surface area contributed by atoms with Crippen molar-refractivity contribution in [2.75, 3.05) is 40.9 Å². The number of allylic oxidation sites excluding steroid dienone is 14. The number of carbonyl (C=O) groups excluding carboxylic acids is 1. The van der Waals surface area contributed by atoms with E-state index in [1.165, 1.54) is 257 Å². The molecule has 3 unspecified atom stereocenters. The molecule has 9 heteroatoms. The molecule has 0 heterocycles. The average molecular weight is 1270 g/mol. The van der Waals surface area contributed by atoms with E-state index in [9.17, 15) is 19.4 Å². The Morgan fingerprint density at radius 3 is 1.00 bits per heavy atom. The van der Waals surface area contributed by atoms with E-state index in [4.69, 9.17) is 9.05 Å². The number of carbonyl (C=O) groups is 1. The lowest BCUT2D eigenvalue weighted by atomic mass is 10.0. The van der Waals surface area contributed by atoms with Gasteiger partial charge in [-0.3, -0.25) is 9.36 Å². The van der Waals surface area contributed by atoms with Crippen LogP contribution in [-0.2, 0) is 18.4 Å². The number of phosphoric ester groups is 1. The van der Waals surface area contributed by atoms with Gasteiger partial charge in [-0.15, -0.1) is 0 Å². The Morgan fingerprint density at radius 1 is 0.404 bits per heavy atom. The Hall–Kier alpha value is -2.32. The number of hydrogen-bond acceptors (Lipinski definition) is 6. The van der Waals surface area contributed by atoms with Gasteiger partial charge in [0.05, 0.1) is 39.9 Å². The van der Waals surface area contributed by atoms with Crippen LogP contribution in [-0.4, -0.2) is 68.5 Å². The summed E-state index contributed by atoms with van der Waals surface area (Å²) in [5, 5.41) is 14.1. The second kappa shape index (κ2) is 70.0. The molecule has 0 saturated heterocycles. The van der Waals surface area contributed by atoms with Gasteiger partial charge in [0, 0.05) is 6.42 Å². The maximum absolute atomic E-state index is 13.1. The van der Waals surface area contributed by atoms with Crippen molar-refractivity contribution in [3.63, 3.8) is 0 Å². The number of amides is 1. The van der Waals surface area contributed by atoms with E-state index in [1.54, 1.807) is 0 Å². The van der Waals surface area contributed by atoms with Gasteiger partial charge in [0.2, 0.25) is 5.91 Å². The molecule has 0 aliphatic carbocycles. The standard InChI is InChI=1S/C80H149N2O6P/c1-6-8-10-12-14-16-18-20-22-24-26-28-30-32-34-36-38-40-41-42-44-46-48-50-52-54-56-58-60-62-64-66-68-70-72-74-80(84)81-78(77-88-89(85,86)87-76-75-82(3,4)5)79(83)73-71-69-67-65-63-61-59-57-55-53-51-49-47-45-43-39-37-35-33-31-29-27-25-23-21-19-17-15-13-11-9-7-2/h8,10,14,16,20,22,26,28,32,34,38,40,42,44,78-79,83H,6-7,9,11-13,15,17-19,21,23-25,27,29-31,33,35-37,39,41,43,45-77H2,1-5H3,(H-,81,84,85,86)/b10-8-,16-14-,22-20-,28-26-,34-32-,40-38-,44-42-. The molecule has 0 bridgehead atoms. The number of nitrogens with zero attached hydrogens (tertiary/aromatic N) is 1. The third-order valence-corrected chi connectivity index (χ3v) is 18.4. The van der Waals surface area contributed by atoms with E-state index in [1.807, 2.05) is 21.1 Å². The lowest BCUT2D eigenvalue weighted by Crippen LogP contribution is -2.46. The molecule has 0 rings (SSSR count). The summed E-state index contributed by atoms with van der Waals surface area (Å²) < 4.78 is 23.6. The zero-order valence-corrected chi connectivity index (χ0v) is 60.5. The Morgan fingerprint density at radius 2 is 0.685 bits per heavy atom. The molecule has 0 radical (unpaired) electrons. The second-order valence-corrected chi connectivity index (χ2v) is 28.7. The molecule has 0 fully saturated rings. The van der Waals surface area contributed by atoms with Crippen LogP contribution < -0.4 is 10.2 Å². The lowest BCUT2D eigenvalue weighted by Gasteiger charge is -2.30. The van der Waals surface area contributed by atoms with Gasteiger partial charge in [-0.05, 0) is 70.6 Å². The number of hydrogen-bond donors (Lipinski definition) is 2. The lowest BCUT2D eigenvalue weighted by molar-refractivity contribution is -0.870. The number of aliphatic hydroxyl groups is 1. The summed E-state index contributed by atoms with van der Waals surface area (Å²) >= 11 is 0. The van der Waals surface area contributed by atoms with Crippen molar-refractivity contribution in [2.45, 2.75) is 379 Å². The summed E-state index contributed by atoms with van der Waals surface area (Å²) in [5.41, 5.74) is 0. The van der Waals surface area contributed by atoms with E-state index in [0.717, 1.165) is 83.5 Å². The first kappa shape index (κ1) is 86.7. The van der Waals surface area contributed by atoms with E-state index < -0.39 is 20.0 Å². The molecule has 0 aliphatic heterocycles. The SMILES string of the molecule is CC/C=C\C/C=C\C/C=C\C/C=C\C/C=C\C/C=C\C/C=C\CCCCCCCCCCCCCCCC(=O)NC(COP(=O)([O-])OCC[N+](C)(C)C)C(O)CCCCCCCCCCCCCCCCCCCCCCCCCCCCCCCCCC. The van der Waals surface area contributed by atoms with E-state index in [-0.39, 0.29) is 19.1 Å². The summed E-state index contributed by atoms with van der Waals surface area (Å²) in [7, 11) is 1.31. The predicted molar refractivity (Wildman–Crippen MR) is 390 cm³/mol. The van der Waals surface area contributed by atoms with Crippen LogP contribution in [0.25, 0.3) is 0 Å². The minimum Gasteiger partial charge on any atom is -0.756 e. The first-order valence-electron chi connectivity index (χ1n) is 38.4. The van der Waals surface area contributed by atoms with E-state index >= 15 is 0 Å². The molecular formula is C80H149N2O6P. The van der Waals surface area contributed by atoms with Gasteiger partial charge in [-0.25, -0.2) is 0 Å². The third-order valence-electron chi connectivity index (χ3n) is 17.4. The molecule has 3 atom stereocenters. The molecule has 0 aromatic carbocycles. The molecule has 520 valence electrons. The van der Waals surface area contributed by atoms with Crippen LogP contribution >= 0.6 is 7.82 Å². The molecule has 1 amide bonds. The minimum absolute atomic E-state index is 0.0103. The van der Waals surface area contributed by atoms with Crippen LogP contribution in [0.1, 0.15) is 367 Å². The minimum atomic E-state index is -4.59. The largest absolute Gasteiger partial charge is 0.756 e. The zero-order valence-electron chi connectivity index (χ0n) is 59.6. The van der Waals surface area contributed by atoms with Gasteiger partial charge >= 0.3 is 0 Å². The summed E-state index contributed by atoms with van der Waals surface area (Å²) in [5.74, 6) is -0.163. The van der Waals surface area contributed by atoms with Crippen LogP contribution in [0.4, 0.5) is 0 Å². The smallest absolute Gasteiger partial charge is 0.268 e. The first-order valence-corrected chi connectivity index (χ1v) is 39.9. The third kappa shape index (κ3) is 73.0. The fourth-order valence-corrected chi connectivity index (χ4v) is 12.2. The Kier molecular flexibility index (Phi) is 68.2. The molecule has 2 N–H and O–H groups in total. The normalized spacial score (nSPS) is 14.0. The topological polar surface area (TPSA) is 108 Å². The summed E-state index contributed by atoms with van der Waals surface area (Å²) in [6.07, 6.45) is 99.7. The predicted octanol–water partition coefficient (Wildman–Crippen LogP) is 24.4. The van der Waals surface area contributed by atoms with Crippen molar-refractivity contribution in [2.24, 2.45) is 0 Å². The number of phosphoric acid groups is 1. The highest BCUT2D eigenvalue weighted by atomic mass is 31.2. The maximum Gasteiger partial charge on any atom is 0.268 e. The maximum atomic E-state index is 13.1. The molecule has 89 heavy (non-hydrogen) atoms. The first-order chi connectivity index (χ1) is 43.5. The molecular weight excluding hydrogens is 1120 g/mol. The van der Waals surface area contributed by atoms with Crippen LogP contribution in [0.15, 0.2) is 85.1 Å². The quantitative estimate of drug-likeness (QED) is 0.0272. The fraction of sp³-hybridized carbons (Fsp3) is 0.812. The molecule has 0 aromatic heterocycles. The van der Waals surface area contributed by atoms with Crippen molar-refractivity contribution in [3.8, 4) is 0 Å². The van der Waals surface area contributed by atoms with Crippen LogP contribution in [0, 0.1) is 0 Å². The van der Waals surface area contributed by atoms with Crippen molar-refractivity contribution >= 4 is 13.7 Å². The van der Waals surface area contributed by atoms with Crippen molar-refractivity contribution in [3.05, 3.63) is 85.1 Å². The molecule has 0 saturated carbocycles. The molecule has 0 spiro atoms. The number of unbranched alkanes of at least 4 members (excludes halogenated alkanes) is 44. The fourth-order valence-electron chi connectivity index (χ4n) is 11.5. The number of nitrogens with one attached hydrogen (secondary N) is 1. The Bertz CT molecular complexity index is 1730. The Labute approximate surface area is 554 Å². The van der Waals surface area contributed by atoms with Gasteiger partial charge in [0.25, 0.3) is 7.82 Å². The summed E-state index contributed by atoms with van der Waals surface area (Å²) in [6, 6.07) is -0.808. The van der Waals surface area contributed by atoms with Crippen molar-refractivity contribution in [1.82, 2.24) is 5.32 Å². The zero-order chi connectivity index (χ0) is 64.8. The van der Waals surface area contributed by atoms with Crippen molar-refractivity contribution in [1.29, 1.82) is 0 Å². The number of aliphatic hydroxyl groups excluding tert-OH is 1. The highest BCUT2D eigenvalue weighted by Crippen LogP contribution is 2.38. The highest BCUT2D eigenvalue weighted by molar-refractivity contribution is 7.45. The highest BCUT2D eigenvalue weighted by Gasteiger charge is 2.24. The Balaban J connectivity index is 4.00. The van der Waals surface area contributed by atoms with Gasteiger partial charge in [-0.1, -0.05) is 375 Å². The van der Waals surface area contributed by atoms with E-state index in [2.05, 4.69) is 104 Å². The van der Waals surface area contributed by atoms with Crippen LogP contribution in [0.2, 0.25) is 0 Å². The van der Waals surface area contributed by atoms with Crippen LogP contribution in [0.5, 0.6) is 0 Å². The number of quaternary nitrogens is 1. The van der Waals surface area contributed by atoms with Crippen molar-refractivity contribution < 1.29 is 32.9 Å². The number of rotatable bonds is 71. The van der Waals surface area contributed by atoms with E-state index in [0.29, 0.717) is 23.9 Å². The monoisotopic (exact) mass is 1270 g/mol. The van der Waals surface area contributed by atoms with Gasteiger partial charge in [-0.2, -0.15) is 0 Å². The van der Waals surface area contributed by atoms with Gasteiger partial charge in [0.1, 0.15) is 13.2 Å². The molecule has 8 nitrogen and oxygen atoms in total. The summed E-state index contributed by atoms with van der Waals surface area (Å²) in [4.78, 5) is 25.7. The average Bonchev–Trinajstić information content (AvgIpc) is 3.64. The van der Waals surface area contributed by atoms with Gasteiger partial charge < -0.3 is 28.8 Å². The molecule has 0 aromatic rings. The summed E-state index contributed by atoms with van der Waals surface area (Å²) in [6.45, 7) is 4.65. The van der Waals surface area contributed by atoms with Crippen LogP contribution in [0.3, 0.4) is 0 Å². The molecule has 0 aliphatic rings.